The molecule has 3 saturated carbocycles. The molecule has 1 saturated heterocycles. The van der Waals surface area contributed by atoms with Crippen molar-refractivity contribution < 1.29 is 4.84 Å². The first-order chi connectivity index (χ1) is 10.3. The van der Waals surface area contributed by atoms with Crippen LogP contribution in [-0.4, -0.2) is 10.7 Å². The Morgan fingerprint density at radius 2 is 2.05 bits per heavy atom. The Morgan fingerprint density at radius 1 is 1.14 bits per heavy atom. The molecule has 5 heteroatoms. The van der Waals surface area contributed by atoms with Crippen LogP contribution in [0.3, 0.4) is 0 Å². The fraction of sp³-hybridized carbons (Fsp3) is 0.500. The first-order valence-corrected chi connectivity index (χ1v) is 7.91. The van der Waals surface area contributed by atoms with E-state index in [1.165, 1.54) is 31.1 Å². The minimum atomic E-state index is -0.203. The summed E-state index contributed by atoms with van der Waals surface area (Å²) in [7, 11) is 0. The van der Waals surface area contributed by atoms with Gasteiger partial charge in [-0.05, 0) is 61.6 Å². The van der Waals surface area contributed by atoms with Crippen LogP contribution in [0.1, 0.15) is 32.1 Å². The summed E-state index contributed by atoms with van der Waals surface area (Å²) in [5.41, 5.74) is 8.69. The Bertz CT molecular complexity index is 676. The lowest BCUT2D eigenvalue weighted by Crippen LogP contribution is -2.57. The number of hydrogen-bond acceptors (Lipinski definition) is 4. The van der Waals surface area contributed by atoms with E-state index in [1.807, 2.05) is 11.3 Å². The molecular weight excluding hydrogens is 264 g/mol. The third kappa shape index (κ3) is 1.75. The SMILES string of the molecule is c1cc2ccc(N3NO[C@@]4(CC5CCC4CC5)N3)cc2[nH]1. The standard InChI is InChI=1S/C16H20N4O/c1-4-13-5-2-11(1)10-16(13)18-20(19-21-16)14-6-3-12-7-8-17-15(12)9-14/h3,6-9,11,13,17-19H,1-2,4-5,10H2/t11?,13?,16-/m1/s1. The zero-order valence-electron chi connectivity index (χ0n) is 11.9. The number of aromatic amines is 1. The summed E-state index contributed by atoms with van der Waals surface area (Å²) in [6.07, 6.45) is 8.38. The maximum Gasteiger partial charge on any atom is 0.163 e. The third-order valence-corrected chi connectivity index (χ3v) is 5.52. The van der Waals surface area contributed by atoms with Gasteiger partial charge in [-0.2, -0.15) is 5.43 Å². The van der Waals surface area contributed by atoms with Gasteiger partial charge in [-0.1, -0.05) is 11.7 Å². The normalized spacial score (nSPS) is 35.1. The summed E-state index contributed by atoms with van der Waals surface area (Å²) < 4.78 is 0. The van der Waals surface area contributed by atoms with E-state index in [-0.39, 0.29) is 5.72 Å². The molecule has 1 aliphatic heterocycles. The Balaban J connectivity index is 1.44. The summed E-state index contributed by atoms with van der Waals surface area (Å²) in [6.45, 7) is 0. The predicted molar refractivity (Wildman–Crippen MR) is 80.9 cm³/mol. The second-order valence-corrected chi connectivity index (χ2v) is 6.70. The quantitative estimate of drug-likeness (QED) is 0.754. The van der Waals surface area contributed by atoms with Gasteiger partial charge in [-0.3, -0.25) is 4.84 Å². The number of benzene rings is 1. The Morgan fingerprint density at radius 3 is 2.86 bits per heavy atom. The molecule has 2 heterocycles. The minimum Gasteiger partial charge on any atom is -0.361 e. The van der Waals surface area contributed by atoms with Crippen molar-refractivity contribution in [2.45, 2.75) is 37.8 Å². The lowest BCUT2D eigenvalue weighted by Gasteiger charge is -2.47. The minimum absolute atomic E-state index is 0.203. The van der Waals surface area contributed by atoms with Crippen molar-refractivity contribution in [2.24, 2.45) is 11.8 Å². The highest BCUT2D eigenvalue weighted by Gasteiger charge is 2.53. The van der Waals surface area contributed by atoms with Crippen LogP contribution in [0, 0.1) is 11.8 Å². The van der Waals surface area contributed by atoms with Crippen molar-refractivity contribution >= 4 is 16.6 Å². The first-order valence-electron chi connectivity index (χ1n) is 7.91. The number of fused-ring (bicyclic) bond motifs is 3. The van der Waals surface area contributed by atoms with Gasteiger partial charge in [0.15, 0.2) is 5.72 Å². The van der Waals surface area contributed by atoms with E-state index < -0.39 is 0 Å². The molecule has 3 aliphatic carbocycles. The van der Waals surface area contributed by atoms with Crippen LogP contribution in [0.15, 0.2) is 30.5 Å². The van der Waals surface area contributed by atoms with Crippen molar-refractivity contribution in [3.8, 4) is 0 Å². The summed E-state index contributed by atoms with van der Waals surface area (Å²) >= 11 is 0. The van der Waals surface area contributed by atoms with Crippen LogP contribution in [0.25, 0.3) is 10.9 Å². The van der Waals surface area contributed by atoms with Gasteiger partial charge in [0.1, 0.15) is 0 Å². The predicted octanol–water partition coefficient (Wildman–Crippen LogP) is 2.84. The monoisotopic (exact) mass is 284 g/mol. The number of nitrogens with zero attached hydrogens (tertiary/aromatic N) is 1. The van der Waals surface area contributed by atoms with Crippen LogP contribution in [0.5, 0.6) is 0 Å². The van der Waals surface area contributed by atoms with Crippen LogP contribution in [0.2, 0.25) is 0 Å². The van der Waals surface area contributed by atoms with Crippen LogP contribution in [-0.2, 0) is 4.84 Å². The average Bonchev–Trinajstić information content (AvgIpc) is 3.15. The maximum atomic E-state index is 6.03. The molecule has 0 unspecified atom stereocenters. The van der Waals surface area contributed by atoms with Gasteiger partial charge in [-0.25, -0.2) is 5.12 Å². The van der Waals surface area contributed by atoms with E-state index in [2.05, 4.69) is 40.3 Å². The number of rotatable bonds is 1. The molecular formula is C16H20N4O. The Labute approximate surface area is 123 Å². The number of anilines is 1. The number of H-pyrrole nitrogens is 1. The molecule has 3 N–H and O–H groups in total. The average molecular weight is 284 g/mol. The molecule has 6 rings (SSSR count). The van der Waals surface area contributed by atoms with Crippen molar-refractivity contribution in [1.29, 1.82) is 0 Å². The summed E-state index contributed by atoms with van der Waals surface area (Å²) in [5, 5.41) is 3.16. The number of aromatic nitrogens is 1. The Kier molecular flexibility index (Phi) is 2.42. The lowest BCUT2D eigenvalue weighted by molar-refractivity contribution is -0.153. The third-order valence-electron chi connectivity index (χ3n) is 5.52. The number of hydrogen-bond donors (Lipinski definition) is 3. The lowest BCUT2D eigenvalue weighted by atomic mass is 9.66. The summed E-state index contributed by atoms with van der Waals surface area (Å²) in [6, 6.07) is 8.46. The van der Waals surface area contributed by atoms with Gasteiger partial charge in [0.05, 0.1) is 5.69 Å². The molecule has 110 valence electrons. The molecule has 1 aromatic carbocycles. The van der Waals surface area contributed by atoms with Crippen LogP contribution in [0.4, 0.5) is 5.69 Å². The molecule has 4 fully saturated rings. The topological polar surface area (TPSA) is 52.3 Å². The molecule has 0 amide bonds. The zero-order valence-corrected chi connectivity index (χ0v) is 11.9. The van der Waals surface area contributed by atoms with E-state index in [1.54, 1.807) is 0 Å². The highest BCUT2D eigenvalue weighted by Crippen LogP contribution is 2.49. The van der Waals surface area contributed by atoms with Crippen molar-refractivity contribution in [3.63, 3.8) is 0 Å². The highest BCUT2D eigenvalue weighted by molar-refractivity contribution is 5.82. The number of nitrogens with one attached hydrogen (secondary N) is 3. The smallest absolute Gasteiger partial charge is 0.163 e. The van der Waals surface area contributed by atoms with Crippen molar-refractivity contribution in [3.05, 3.63) is 30.5 Å². The molecule has 2 aromatic rings. The molecule has 4 aliphatic rings. The summed E-state index contributed by atoms with van der Waals surface area (Å²) in [5.74, 6) is 1.43. The van der Waals surface area contributed by atoms with Gasteiger partial charge in [0.25, 0.3) is 0 Å². The van der Waals surface area contributed by atoms with Crippen LogP contribution < -0.4 is 16.1 Å². The first kappa shape index (κ1) is 12.0. The van der Waals surface area contributed by atoms with Crippen LogP contribution >= 0.6 is 0 Å². The van der Waals surface area contributed by atoms with E-state index in [9.17, 15) is 0 Å². The second kappa shape index (κ2) is 4.22. The maximum absolute atomic E-state index is 6.03. The van der Waals surface area contributed by atoms with Gasteiger partial charge in [-0.15, -0.1) is 0 Å². The van der Waals surface area contributed by atoms with Crippen molar-refractivity contribution in [1.82, 2.24) is 16.0 Å². The summed E-state index contributed by atoms with van der Waals surface area (Å²) in [4.78, 5) is 9.29. The Hall–Kier alpha value is -1.56. The molecule has 1 spiro atoms. The highest BCUT2D eigenvalue weighted by atomic mass is 16.7. The molecule has 2 bridgehead atoms. The second-order valence-electron chi connectivity index (χ2n) is 6.70. The van der Waals surface area contributed by atoms with E-state index in [4.69, 9.17) is 4.84 Å². The number of hydrazine groups is 2. The zero-order chi connectivity index (χ0) is 13.9. The van der Waals surface area contributed by atoms with E-state index >= 15 is 0 Å². The largest absolute Gasteiger partial charge is 0.361 e. The fourth-order valence-corrected chi connectivity index (χ4v) is 4.34. The molecule has 0 radical (unpaired) electrons. The fourth-order valence-electron chi connectivity index (χ4n) is 4.34. The van der Waals surface area contributed by atoms with Gasteiger partial charge in [0, 0.05) is 17.6 Å². The van der Waals surface area contributed by atoms with Gasteiger partial charge < -0.3 is 4.98 Å². The van der Waals surface area contributed by atoms with Crippen molar-refractivity contribution in [2.75, 3.05) is 5.12 Å². The molecule has 1 atom stereocenters. The van der Waals surface area contributed by atoms with Gasteiger partial charge >= 0.3 is 0 Å². The van der Waals surface area contributed by atoms with Gasteiger partial charge in [0.2, 0.25) is 0 Å². The van der Waals surface area contributed by atoms with E-state index in [0.29, 0.717) is 5.92 Å². The molecule has 21 heavy (non-hydrogen) atoms. The van der Waals surface area contributed by atoms with E-state index in [0.717, 1.165) is 23.5 Å². The molecule has 5 nitrogen and oxygen atoms in total. The molecule has 1 aromatic heterocycles.